The molecule has 2 aromatic carbocycles. The number of carbonyl (C=O) groups is 1. The van der Waals surface area contributed by atoms with Crippen molar-refractivity contribution in [2.75, 3.05) is 11.2 Å². The largest absolute Gasteiger partial charge is 0.302 e. The van der Waals surface area contributed by atoms with Gasteiger partial charge in [-0.3, -0.25) is 14.3 Å². The molecule has 0 saturated heterocycles. The Morgan fingerprint density at radius 2 is 1.85 bits per heavy atom. The van der Waals surface area contributed by atoms with Crippen LogP contribution in [0.2, 0.25) is 5.02 Å². The van der Waals surface area contributed by atoms with Crippen LogP contribution < -0.4 is 4.90 Å². The first kappa shape index (κ1) is 20.4. The Balaban J connectivity index is 1.49. The van der Waals surface area contributed by atoms with Crippen molar-refractivity contribution in [2.24, 2.45) is 0 Å². The lowest BCUT2D eigenvalue weighted by atomic mass is 9.99. The first-order valence-electron chi connectivity index (χ1n) is 10.5. The van der Waals surface area contributed by atoms with Crippen LogP contribution >= 0.6 is 11.6 Å². The summed E-state index contributed by atoms with van der Waals surface area (Å²) >= 11 is 6.21. The van der Waals surface area contributed by atoms with Crippen LogP contribution in [-0.4, -0.2) is 35.1 Å². The lowest BCUT2D eigenvalue weighted by molar-refractivity contribution is -0.120. The number of fused-ring (bicyclic) bond motifs is 3. The number of anilines is 1. The third-order valence-corrected chi connectivity index (χ3v) is 7.88. The summed E-state index contributed by atoms with van der Waals surface area (Å²) in [6, 6.07) is 14.0. The Hall–Kier alpha value is -3.23. The number of pyridine rings is 1. The summed E-state index contributed by atoms with van der Waals surface area (Å²) in [6.45, 7) is 0.263. The number of imidazole rings is 1. The van der Waals surface area contributed by atoms with Crippen LogP contribution in [0.4, 0.5) is 5.69 Å². The molecule has 33 heavy (non-hydrogen) atoms. The Morgan fingerprint density at radius 3 is 2.55 bits per heavy atom. The van der Waals surface area contributed by atoms with E-state index in [0.717, 1.165) is 35.3 Å². The van der Waals surface area contributed by atoms with Gasteiger partial charge < -0.3 is 4.90 Å². The highest BCUT2D eigenvalue weighted by molar-refractivity contribution is 7.90. The first-order chi connectivity index (χ1) is 15.8. The molecule has 1 aliphatic heterocycles. The summed E-state index contributed by atoms with van der Waals surface area (Å²) in [4.78, 5) is 24.5. The van der Waals surface area contributed by atoms with Gasteiger partial charge in [0.25, 0.3) is 0 Å². The molecular weight excluding hydrogens is 460 g/mol. The number of benzene rings is 2. The molecule has 2 aliphatic rings. The van der Waals surface area contributed by atoms with Crippen LogP contribution in [0.15, 0.2) is 65.8 Å². The van der Waals surface area contributed by atoms with E-state index in [1.165, 1.54) is 6.26 Å². The van der Waals surface area contributed by atoms with Gasteiger partial charge in [0.05, 0.1) is 39.8 Å². The maximum absolute atomic E-state index is 13.4. The lowest BCUT2D eigenvalue weighted by Gasteiger charge is -2.19. The molecule has 1 aliphatic carbocycles. The molecule has 0 N–H and O–H groups in total. The monoisotopic (exact) mass is 478 g/mol. The summed E-state index contributed by atoms with van der Waals surface area (Å²) in [6.07, 6.45) is 6.35. The maximum atomic E-state index is 13.4. The molecule has 1 spiro atoms. The van der Waals surface area contributed by atoms with Crippen molar-refractivity contribution in [3.8, 4) is 5.69 Å². The fraction of sp³-hybridized carbons (Fsp3) is 0.208. The van der Waals surface area contributed by atoms with Gasteiger partial charge in [-0.15, -0.1) is 0 Å². The van der Waals surface area contributed by atoms with Gasteiger partial charge in [0, 0.05) is 23.2 Å². The molecule has 1 saturated carbocycles. The van der Waals surface area contributed by atoms with Gasteiger partial charge in [0.15, 0.2) is 9.84 Å². The number of amides is 1. The van der Waals surface area contributed by atoms with Crippen LogP contribution in [0.25, 0.3) is 16.7 Å². The summed E-state index contributed by atoms with van der Waals surface area (Å²) < 4.78 is 25.8. The van der Waals surface area contributed by atoms with Crippen LogP contribution in [0.5, 0.6) is 0 Å². The zero-order valence-electron chi connectivity index (χ0n) is 17.7. The van der Waals surface area contributed by atoms with E-state index < -0.39 is 15.3 Å². The Labute approximate surface area is 195 Å². The molecule has 6 rings (SSSR count). The molecule has 166 valence electrons. The highest BCUT2D eigenvalue weighted by atomic mass is 35.5. The molecule has 4 aromatic rings. The highest BCUT2D eigenvalue weighted by Crippen LogP contribution is 2.57. The summed E-state index contributed by atoms with van der Waals surface area (Å²) in [5.74, 6) is 0.731. The third-order valence-electron chi connectivity index (χ3n) is 6.52. The molecule has 9 heteroatoms. The van der Waals surface area contributed by atoms with Gasteiger partial charge in [-0.1, -0.05) is 11.6 Å². The fourth-order valence-electron chi connectivity index (χ4n) is 4.74. The van der Waals surface area contributed by atoms with Crippen molar-refractivity contribution in [2.45, 2.75) is 29.7 Å². The Kier molecular flexibility index (Phi) is 4.25. The molecule has 3 heterocycles. The quantitative estimate of drug-likeness (QED) is 0.441. The Bertz CT molecular complexity index is 1560. The summed E-state index contributed by atoms with van der Waals surface area (Å²) in [5.41, 5.74) is 3.70. The zero-order valence-corrected chi connectivity index (χ0v) is 19.3. The van der Waals surface area contributed by atoms with Crippen LogP contribution in [0, 0.1) is 0 Å². The molecule has 1 amide bonds. The van der Waals surface area contributed by atoms with Gasteiger partial charge in [-0.2, -0.15) is 0 Å². The average Bonchev–Trinajstić information content (AvgIpc) is 3.47. The van der Waals surface area contributed by atoms with E-state index in [1.54, 1.807) is 53.7 Å². The molecule has 1 fully saturated rings. The van der Waals surface area contributed by atoms with Gasteiger partial charge in [-0.25, -0.2) is 13.4 Å². The summed E-state index contributed by atoms with van der Waals surface area (Å²) in [5, 5.41) is 0.565. The minimum atomic E-state index is -3.31. The molecule has 0 atom stereocenters. The second kappa shape index (κ2) is 6.88. The highest BCUT2D eigenvalue weighted by Gasteiger charge is 2.59. The number of hydrogen-bond acceptors (Lipinski definition) is 5. The van der Waals surface area contributed by atoms with E-state index in [-0.39, 0.29) is 17.3 Å². The Morgan fingerprint density at radius 1 is 1.09 bits per heavy atom. The van der Waals surface area contributed by atoms with E-state index in [9.17, 15) is 13.2 Å². The van der Waals surface area contributed by atoms with E-state index in [0.29, 0.717) is 16.4 Å². The fourth-order valence-corrected chi connectivity index (χ4v) is 5.53. The van der Waals surface area contributed by atoms with Gasteiger partial charge in [0.2, 0.25) is 5.91 Å². The van der Waals surface area contributed by atoms with Crippen LogP contribution in [0.1, 0.15) is 24.2 Å². The lowest BCUT2D eigenvalue weighted by Crippen LogP contribution is -2.32. The minimum absolute atomic E-state index is 0.0783. The third kappa shape index (κ3) is 3.08. The van der Waals surface area contributed by atoms with Gasteiger partial charge in [0.1, 0.15) is 5.82 Å². The second-order valence-corrected chi connectivity index (χ2v) is 11.1. The van der Waals surface area contributed by atoms with E-state index >= 15 is 0 Å². The standard InChI is InChI=1S/C24H19ClN4O3S/c1-33(31,32)17-5-3-16(4-6-17)29-20-7-2-15(25)12-19(20)27-22(29)14-28-21-13-26-11-8-18(21)24(9-10-24)23(28)30/h2-8,11-13H,9-10,14H2,1H3. The number of hydrogen-bond donors (Lipinski definition) is 0. The molecule has 0 bridgehead atoms. The van der Waals surface area contributed by atoms with Crippen molar-refractivity contribution in [1.29, 1.82) is 0 Å². The minimum Gasteiger partial charge on any atom is -0.302 e. The average molecular weight is 479 g/mol. The number of carbonyl (C=O) groups excluding carboxylic acids is 1. The van der Waals surface area contributed by atoms with Crippen molar-refractivity contribution < 1.29 is 13.2 Å². The SMILES string of the molecule is CS(=O)(=O)c1ccc(-n2c(CN3C(=O)C4(CC4)c4ccncc43)nc3cc(Cl)ccc32)cc1. The smallest absolute Gasteiger partial charge is 0.238 e. The predicted molar refractivity (Wildman–Crippen MR) is 126 cm³/mol. The zero-order chi connectivity index (χ0) is 23.0. The van der Waals surface area contributed by atoms with E-state index in [1.807, 2.05) is 16.7 Å². The van der Waals surface area contributed by atoms with Crippen molar-refractivity contribution in [1.82, 2.24) is 14.5 Å². The molecule has 0 radical (unpaired) electrons. The van der Waals surface area contributed by atoms with E-state index in [4.69, 9.17) is 16.6 Å². The topological polar surface area (TPSA) is 85.2 Å². The number of sulfone groups is 1. The molecule has 0 unspecified atom stereocenters. The molecular formula is C24H19ClN4O3S. The second-order valence-electron chi connectivity index (χ2n) is 8.63. The molecule has 2 aromatic heterocycles. The van der Waals surface area contributed by atoms with E-state index in [2.05, 4.69) is 4.98 Å². The molecule has 7 nitrogen and oxygen atoms in total. The number of rotatable bonds is 4. The summed E-state index contributed by atoms with van der Waals surface area (Å²) in [7, 11) is -3.31. The predicted octanol–water partition coefficient (Wildman–Crippen LogP) is 4.06. The first-order valence-corrected chi connectivity index (χ1v) is 12.8. The van der Waals surface area contributed by atoms with Gasteiger partial charge >= 0.3 is 0 Å². The van der Waals surface area contributed by atoms with Crippen molar-refractivity contribution >= 4 is 44.1 Å². The number of aromatic nitrogens is 3. The number of halogens is 1. The maximum Gasteiger partial charge on any atom is 0.238 e. The number of nitrogens with zero attached hydrogens (tertiary/aromatic N) is 4. The van der Waals surface area contributed by atoms with Crippen molar-refractivity contribution in [3.05, 3.63) is 77.3 Å². The normalized spacial score (nSPS) is 16.5. The van der Waals surface area contributed by atoms with Gasteiger partial charge in [-0.05, 0) is 66.9 Å². The van der Waals surface area contributed by atoms with Crippen LogP contribution in [-0.2, 0) is 26.6 Å². The van der Waals surface area contributed by atoms with Crippen LogP contribution in [0.3, 0.4) is 0 Å². The van der Waals surface area contributed by atoms with Crippen molar-refractivity contribution in [3.63, 3.8) is 0 Å².